The Morgan fingerprint density at radius 2 is 1.96 bits per heavy atom. The van der Waals surface area contributed by atoms with Gasteiger partial charge in [-0.1, -0.05) is 31.2 Å². The van der Waals surface area contributed by atoms with E-state index in [1.165, 1.54) is 5.56 Å². The van der Waals surface area contributed by atoms with Gasteiger partial charge in [-0.2, -0.15) is 9.61 Å². The molecule has 4 aromatic rings. The van der Waals surface area contributed by atoms with E-state index in [-0.39, 0.29) is 12.5 Å². The van der Waals surface area contributed by atoms with Crippen LogP contribution in [-0.4, -0.2) is 32.3 Å². The minimum Gasteiger partial charge on any atom is -0.484 e. The Balaban J connectivity index is 1.41. The molecular formula is C21H19N5O2. The molecule has 1 amide bonds. The van der Waals surface area contributed by atoms with Crippen molar-refractivity contribution in [3.05, 3.63) is 72.6 Å². The Labute approximate surface area is 162 Å². The second kappa shape index (κ2) is 7.87. The molecule has 2 aromatic carbocycles. The molecule has 2 aromatic heterocycles. The highest BCUT2D eigenvalue weighted by atomic mass is 16.5. The predicted molar refractivity (Wildman–Crippen MR) is 106 cm³/mol. The van der Waals surface area contributed by atoms with E-state index in [2.05, 4.69) is 27.5 Å². The average Bonchev–Trinajstić information content (AvgIpc) is 3.21. The van der Waals surface area contributed by atoms with Crippen LogP contribution in [0.3, 0.4) is 0 Å². The lowest BCUT2D eigenvalue weighted by Gasteiger charge is -2.09. The van der Waals surface area contributed by atoms with E-state index < -0.39 is 0 Å². The fourth-order valence-electron chi connectivity index (χ4n) is 2.81. The Kier molecular flexibility index (Phi) is 4.97. The van der Waals surface area contributed by atoms with E-state index in [4.69, 9.17) is 4.74 Å². The third kappa shape index (κ3) is 3.98. The summed E-state index contributed by atoms with van der Waals surface area (Å²) < 4.78 is 7.16. The van der Waals surface area contributed by atoms with Crippen molar-refractivity contribution in [1.82, 2.24) is 19.8 Å². The maximum absolute atomic E-state index is 12.2. The van der Waals surface area contributed by atoms with Crippen molar-refractivity contribution in [3.63, 3.8) is 0 Å². The number of aryl methyl sites for hydroxylation is 1. The van der Waals surface area contributed by atoms with E-state index in [0.29, 0.717) is 17.1 Å². The van der Waals surface area contributed by atoms with Crippen molar-refractivity contribution < 1.29 is 9.53 Å². The van der Waals surface area contributed by atoms with Crippen LogP contribution in [0.5, 0.6) is 5.75 Å². The molecule has 140 valence electrons. The Morgan fingerprint density at radius 3 is 2.79 bits per heavy atom. The van der Waals surface area contributed by atoms with Crippen LogP contribution in [0.4, 0.5) is 5.69 Å². The van der Waals surface area contributed by atoms with Gasteiger partial charge in [-0.15, -0.1) is 10.2 Å². The molecule has 0 aliphatic heterocycles. The predicted octanol–water partition coefficient (Wildman–Crippen LogP) is 3.37. The minimum atomic E-state index is -0.223. The summed E-state index contributed by atoms with van der Waals surface area (Å²) in [5, 5.41) is 15.1. The molecule has 0 radical (unpaired) electrons. The van der Waals surface area contributed by atoms with Gasteiger partial charge in [0.15, 0.2) is 12.3 Å². The Bertz CT molecular complexity index is 1110. The molecule has 7 heteroatoms. The molecule has 4 rings (SSSR count). The molecule has 0 saturated heterocycles. The quantitative estimate of drug-likeness (QED) is 0.560. The first-order chi connectivity index (χ1) is 13.7. The Hall–Kier alpha value is -3.74. The molecule has 1 N–H and O–H groups in total. The molecule has 0 fully saturated rings. The number of nitrogens with one attached hydrogen (secondary N) is 1. The summed E-state index contributed by atoms with van der Waals surface area (Å²) in [6.07, 6.45) is 2.52. The lowest BCUT2D eigenvalue weighted by molar-refractivity contribution is -0.118. The van der Waals surface area contributed by atoms with E-state index in [9.17, 15) is 4.79 Å². The summed E-state index contributed by atoms with van der Waals surface area (Å²) in [5.74, 6) is 0.450. The van der Waals surface area contributed by atoms with Crippen LogP contribution in [0.1, 0.15) is 12.5 Å². The van der Waals surface area contributed by atoms with Crippen molar-refractivity contribution >= 4 is 17.2 Å². The number of aromatic nitrogens is 4. The Morgan fingerprint density at radius 1 is 1.11 bits per heavy atom. The minimum absolute atomic E-state index is 0.0549. The third-order valence-corrected chi connectivity index (χ3v) is 4.31. The van der Waals surface area contributed by atoms with Gasteiger partial charge in [0.1, 0.15) is 12.1 Å². The van der Waals surface area contributed by atoms with Crippen LogP contribution < -0.4 is 10.1 Å². The van der Waals surface area contributed by atoms with Gasteiger partial charge < -0.3 is 10.1 Å². The number of carbonyl (C=O) groups is 1. The van der Waals surface area contributed by atoms with Gasteiger partial charge in [-0.3, -0.25) is 4.79 Å². The zero-order chi connectivity index (χ0) is 19.3. The molecular weight excluding hydrogens is 354 g/mol. The second-order valence-corrected chi connectivity index (χ2v) is 6.27. The highest BCUT2D eigenvalue weighted by Crippen LogP contribution is 2.21. The van der Waals surface area contributed by atoms with E-state index >= 15 is 0 Å². The maximum atomic E-state index is 12.2. The number of carbonyl (C=O) groups excluding carboxylic acids is 1. The molecule has 7 nitrogen and oxygen atoms in total. The van der Waals surface area contributed by atoms with Crippen LogP contribution in [0.15, 0.2) is 67.0 Å². The molecule has 0 aliphatic rings. The molecule has 0 bridgehead atoms. The normalized spacial score (nSPS) is 10.8. The van der Waals surface area contributed by atoms with Gasteiger partial charge in [0.2, 0.25) is 0 Å². The van der Waals surface area contributed by atoms with Gasteiger partial charge in [0, 0.05) is 11.3 Å². The first-order valence-electron chi connectivity index (χ1n) is 9.00. The fourth-order valence-corrected chi connectivity index (χ4v) is 2.81. The number of hydrogen-bond acceptors (Lipinski definition) is 5. The lowest BCUT2D eigenvalue weighted by atomic mass is 10.1. The number of amides is 1. The highest BCUT2D eigenvalue weighted by Gasteiger charge is 2.07. The number of fused-ring (bicyclic) bond motifs is 1. The topological polar surface area (TPSA) is 81.4 Å². The summed E-state index contributed by atoms with van der Waals surface area (Å²) in [6.45, 7) is 2.04. The van der Waals surface area contributed by atoms with Crippen LogP contribution in [0.25, 0.3) is 16.9 Å². The molecule has 0 spiro atoms. The van der Waals surface area contributed by atoms with Crippen LogP contribution in [0.2, 0.25) is 0 Å². The molecule has 28 heavy (non-hydrogen) atoms. The van der Waals surface area contributed by atoms with Gasteiger partial charge >= 0.3 is 0 Å². The van der Waals surface area contributed by atoms with E-state index in [1.807, 2.05) is 60.7 Å². The summed E-state index contributed by atoms with van der Waals surface area (Å²) in [7, 11) is 0. The van der Waals surface area contributed by atoms with Crippen LogP contribution in [0, 0.1) is 0 Å². The maximum Gasteiger partial charge on any atom is 0.262 e. The summed E-state index contributed by atoms with van der Waals surface area (Å²) in [6, 6.07) is 19.0. The number of rotatable bonds is 6. The smallest absolute Gasteiger partial charge is 0.262 e. The molecule has 0 unspecified atom stereocenters. The number of anilines is 1. The monoisotopic (exact) mass is 373 g/mol. The number of nitrogens with zero attached hydrogens (tertiary/aromatic N) is 4. The first-order valence-corrected chi connectivity index (χ1v) is 9.00. The van der Waals surface area contributed by atoms with E-state index in [1.54, 1.807) is 10.8 Å². The fraction of sp³-hybridized carbons (Fsp3) is 0.143. The number of benzene rings is 2. The second-order valence-electron chi connectivity index (χ2n) is 6.27. The molecule has 2 heterocycles. The lowest BCUT2D eigenvalue weighted by Crippen LogP contribution is -2.20. The third-order valence-electron chi connectivity index (χ3n) is 4.31. The van der Waals surface area contributed by atoms with Crippen molar-refractivity contribution in [2.75, 3.05) is 11.9 Å². The zero-order valence-electron chi connectivity index (χ0n) is 15.4. The summed E-state index contributed by atoms with van der Waals surface area (Å²) >= 11 is 0. The first kappa shape index (κ1) is 17.7. The average molecular weight is 373 g/mol. The largest absolute Gasteiger partial charge is 0.484 e. The number of hydrogen-bond donors (Lipinski definition) is 1. The number of ether oxygens (including phenoxy) is 1. The van der Waals surface area contributed by atoms with Gasteiger partial charge in [0.25, 0.3) is 5.91 Å². The molecule has 0 saturated carbocycles. The van der Waals surface area contributed by atoms with Gasteiger partial charge in [-0.25, -0.2) is 0 Å². The van der Waals surface area contributed by atoms with Crippen molar-refractivity contribution in [2.24, 2.45) is 0 Å². The van der Waals surface area contributed by atoms with Crippen molar-refractivity contribution in [1.29, 1.82) is 0 Å². The van der Waals surface area contributed by atoms with Crippen molar-refractivity contribution in [2.45, 2.75) is 13.3 Å². The summed E-state index contributed by atoms with van der Waals surface area (Å²) in [5.41, 5.74) is 4.22. The highest BCUT2D eigenvalue weighted by molar-refractivity contribution is 5.92. The molecule has 0 atom stereocenters. The molecule has 0 aliphatic carbocycles. The van der Waals surface area contributed by atoms with Crippen LogP contribution in [-0.2, 0) is 11.2 Å². The van der Waals surface area contributed by atoms with Crippen LogP contribution >= 0.6 is 0 Å². The standard InChI is InChI=1S/C21H19N5O2/c1-2-15-6-8-18(9-7-15)28-13-21(27)23-17-5-3-4-16(12-17)19-10-11-20-24-22-14-26(20)25-19/h3-12,14H,2,13H2,1H3,(H,23,27). The zero-order valence-corrected chi connectivity index (χ0v) is 15.4. The van der Waals surface area contributed by atoms with Gasteiger partial charge in [0.05, 0.1) is 5.69 Å². The summed E-state index contributed by atoms with van der Waals surface area (Å²) in [4.78, 5) is 12.2. The SMILES string of the molecule is CCc1ccc(OCC(=O)Nc2cccc(-c3ccc4nncn4n3)c2)cc1. The van der Waals surface area contributed by atoms with E-state index in [0.717, 1.165) is 17.7 Å². The van der Waals surface area contributed by atoms with Gasteiger partial charge in [-0.05, 0) is 48.4 Å². The van der Waals surface area contributed by atoms with Crippen molar-refractivity contribution in [3.8, 4) is 17.0 Å².